The van der Waals surface area contributed by atoms with Gasteiger partial charge in [-0.3, -0.25) is 24.1 Å². The Morgan fingerprint density at radius 2 is 1.76 bits per heavy atom. The minimum Gasteiger partial charge on any atom is -0.465 e. The predicted octanol–water partition coefficient (Wildman–Crippen LogP) is 6.96. The number of halogens is 1. The van der Waals surface area contributed by atoms with Crippen molar-refractivity contribution in [2.75, 3.05) is 20.2 Å². The average molecular weight is 792 g/mol. The van der Waals surface area contributed by atoms with Crippen LogP contribution in [0.25, 0.3) is 0 Å². The SMILES string of the molecule is CC.CCCCC/C=C\[C@@H]1CC1NC(=O)C1CCCN1C(=O)CNC=O.COC(C)(C)C1CC1.O=C(O)N1Cc2cccc(F)c2C1.O=CNSC1CCC1. The lowest BCUT2D eigenvalue weighted by molar-refractivity contribution is -0.138. The van der Waals surface area contributed by atoms with E-state index in [4.69, 9.17) is 9.84 Å². The maximum absolute atomic E-state index is 13.1. The van der Waals surface area contributed by atoms with Crippen molar-refractivity contribution in [2.45, 2.75) is 148 Å². The number of ether oxygens (including phenoxy) is 1. The molecule has 0 aromatic heterocycles. The number of hydrogen-bond donors (Lipinski definition) is 4. The van der Waals surface area contributed by atoms with Gasteiger partial charge in [0.15, 0.2) is 0 Å². The van der Waals surface area contributed by atoms with E-state index in [9.17, 15) is 28.4 Å². The number of allylic oxidation sites excluding steroid dienone is 1. The van der Waals surface area contributed by atoms with Crippen molar-refractivity contribution in [3.05, 3.63) is 47.3 Å². The van der Waals surface area contributed by atoms with E-state index in [1.807, 2.05) is 13.8 Å². The van der Waals surface area contributed by atoms with E-state index in [0.717, 1.165) is 37.2 Å². The van der Waals surface area contributed by atoms with Gasteiger partial charge in [-0.15, -0.1) is 0 Å². The van der Waals surface area contributed by atoms with Crippen LogP contribution in [0.15, 0.2) is 30.4 Å². The number of carbonyl (C=O) groups excluding carboxylic acids is 4. The van der Waals surface area contributed by atoms with Gasteiger partial charge < -0.3 is 30.1 Å². The maximum Gasteiger partial charge on any atom is 0.407 e. The van der Waals surface area contributed by atoms with Crippen LogP contribution in [0.1, 0.15) is 123 Å². The Morgan fingerprint density at radius 3 is 2.31 bits per heavy atom. The Morgan fingerprint density at radius 1 is 1.04 bits per heavy atom. The van der Waals surface area contributed by atoms with Gasteiger partial charge in [0.2, 0.25) is 24.6 Å². The number of methoxy groups -OCH3 is 1. The van der Waals surface area contributed by atoms with E-state index in [2.05, 4.69) is 48.3 Å². The zero-order chi connectivity index (χ0) is 40.8. The minimum absolute atomic E-state index is 0.0418. The Labute approximate surface area is 332 Å². The van der Waals surface area contributed by atoms with Gasteiger partial charge in [0.25, 0.3) is 0 Å². The first-order valence-corrected chi connectivity index (χ1v) is 20.9. The first kappa shape index (κ1) is 47.5. The highest BCUT2D eigenvalue weighted by molar-refractivity contribution is 7.98. The molecule has 4 fully saturated rings. The lowest BCUT2D eigenvalue weighted by Crippen LogP contribution is -2.48. The van der Waals surface area contributed by atoms with E-state index >= 15 is 0 Å². The number of carboxylic acid groups (broad SMARTS) is 1. The normalized spacial score (nSPS) is 20.7. The second kappa shape index (κ2) is 25.5. The molecule has 1 aromatic carbocycles. The first-order valence-electron chi connectivity index (χ1n) is 20.0. The average Bonchev–Trinajstić information content (AvgIpc) is 4.05. The summed E-state index contributed by atoms with van der Waals surface area (Å²) in [4.78, 5) is 57.8. The first-order chi connectivity index (χ1) is 26.4. The lowest BCUT2D eigenvalue weighted by atomic mass is 10.0. The summed E-state index contributed by atoms with van der Waals surface area (Å²) in [6, 6.07) is 4.52. The van der Waals surface area contributed by atoms with E-state index in [1.165, 1.54) is 62.3 Å². The summed E-state index contributed by atoms with van der Waals surface area (Å²) in [5.74, 6) is 0.716. The van der Waals surface area contributed by atoms with Crippen LogP contribution in [0, 0.1) is 17.7 Å². The Bertz CT molecular complexity index is 1370. The summed E-state index contributed by atoms with van der Waals surface area (Å²) >= 11 is 1.55. The number of amides is 5. The monoisotopic (exact) mass is 791 g/mol. The van der Waals surface area contributed by atoms with Gasteiger partial charge in [-0.1, -0.05) is 64.3 Å². The number of nitrogens with zero attached hydrogens (tertiary/aromatic N) is 2. The second-order valence-electron chi connectivity index (χ2n) is 14.7. The molecule has 2 unspecified atom stereocenters. The van der Waals surface area contributed by atoms with E-state index in [0.29, 0.717) is 42.7 Å². The van der Waals surface area contributed by atoms with Gasteiger partial charge in [0.1, 0.15) is 11.9 Å². The molecular formula is C41H66FN5O7S. The lowest BCUT2D eigenvalue weighted by Gasteiger charge is -2.23. The largest absolute Gasteiger partial charge is 0.465 e. The summed E-state index contributed by atoms with van der Waals surface area (Å²) < 4.78 is 21.0. The Balaban J connectivity index is 0.000000280. The van der Waals surface area contributed by atoms with Crippen LogP contribution in [-0.4, -0.2) is 88.8 Å². The number of nitrogens with one attached hydrogen (secondary N) is 3. The van der Waals surface area contributed by atoms with Crippen molar-refractivity contribution in [2.24, 2.45) is 11.8 Å². The fourth-order valence-electron chi connectivity index (χ4n) is 6.30. The van der Waals surface area contributed by atoms with Crippen molar-refractivity contribution < 1.29 is 38.2 Å². The highest BCUT2D eigenvalue weighted by atomic mass is 32.2. The van der Waals surface area contributed by atoms with Gasteiger partial charge in [-0.05, 0) is 107 Å². The smallest absolute Gasteiger partial charge is 0.407 e. The summed E-state index contributed by atoms with van der Waals surface area (Å²) in [6.45, 7) is 11.5. The fourth-order valence-corrected chi connectivity index (χ4v) is 7.11. The molecule has 55 heavy (non-hydrogen) atoms. The molecule has 14 heteroatoms. The van der Waals surface area contributed by atoms with Gasteiger partial charge in [-0.2, -0.15) is 0 Å². The number of unbranched alkanes of at least 4 members (excludes halogenated alkanes) is 3. The van der Waals surface area contributed by atoms with Gasteiger partial charge in [0.05, 0.1) is 18.7 Å². The second-order valence-corrected chi connectivity index (χ2v) is 15.8. The molecule has 1 aromatic rings. The standard InChI is InChI=1S/C18H29N3O3.C9H8FNO2.C7H14O.C5H9NOS.C2H6/c1-2-3-4-5-6-8-14-11-15(14)20-18(24)16-9-7-10-21(16)17(23)12-19-13-22;10-8-3-1-2-6-4-11(9(12)13)5-7(6)8;1-7(2,8-3)6-4-5-6;7-4-6-8-5-2-1-3-5;1-2/h6,8,13-16H,2-5,7,9-12H2,1H3,(H,19,22)(H,20,24);1-3H,4-5H2,(H,12,13);6H,4-5H2,1-3H3;4-5H,1-3H2,(H,6,7);1-2H3/b8-6-;;;;/t14-,15?,16?;;;;/m1..../s1. The summed E-state index contributed by atoms with van der Waals surface area (Å²) in [6.07, 6.45) is 18.6. The quantitative estimate of drug-likeness (QED) is 0.0643. The van der Waals surface area contributed by atoms with Crippen LogP contribution in [0.4, 0.5) is 9.18 Å². The molecule has 2 aliphatic heterocycles. The van der Waals surface area contributed by atoms with Gasteiger partial charge >= 0.3 is 6.09 Å². The molecule has 1 saturated heterocycles. The van der Waals surface area contributed by atoms with Crippen LogP contribution in [-0.2, 0) is 37.0 Å². The highest BCUT2D eigenvalue weighted by Gasteiger charge is 2.40. The molecule has 0 spiro atoms. The molecule has 5 amide bonds. The number of fused-ring (bicyclic) bond motifs is 1. The predicted molar refractivity (Wildman–Crippen MR) is 215 cm³/mol. The van der Waals surface area contributed by atoms with Crippen LogP contribution in [0.2, 0.25) is 0 Å². The van der Waals surface area contributed by atoms with Crippen LogP contribution in [0.5, 0.6) is 0 Å². The van der Waals surface area contributed by atoms with Gasteiger partial charge in [-0.25, -0.2) is 9.18 Å². The molecule has 12 nitrogen and oxygen atoms in total. The number of benzene rings is 1. The molecule has 0 bridgehead atoms. The zero-order valence-corrected chi connectivity index (χ0v) is 34.6. The fraction of sp³-hybridized carbons (Fsp3) is 0.683. The van der Waals surface area contributed by atoms with Crippen molar-refractivity contribution >= 4 is 42.7 Å². The molecule has 5 aliphatic rings. The Kier molecular flexibility index (Phi) is 22.0. The molecule has 3 atom stereocenters. The highest BCUT2D eigenvalue weighted by Crippen LogP contribution is 2.41. The molecule has 3 aliphatic carbocycles. The maximum atomic E-state index is 13.1. The number of carbonyl (C=O) groups is 5. The van der Waals surface area contributed by atoms with Crippen molar-refractivity contribution in [3.8, 4) is 0 Å². The topological polar surface area (TPSA) is 157 Å². The summed E-state index contributed by atoms with van der Waals surface area (Å²) in [7, 11) is 1.79. The third-order valence-electron chi connectivity index (χ3n) is 10.4. The minimum atomic E-state index is -1.00. The third-order valence-corrected chi connectivity index (χ3v) is 11.4. The van der Waals surface area contributed by atoms with E-state index in [1.54, 1.807) is 36.1 Å². The summed E-state index contributed by atoms with van der Waals surface area (Å²) in [5, 5.41) is 14.8. The molecule has 3 saturated carbocycles. The molecular weight excluding hydrogens is 726 g/mol. The van der Waals surface area contributed by atoms with Crippen molar-refractivity contribution in [3.63, 3.8) is 0 Å². The summed E-state index contributed by atoms with van der Waals surface area (Å²) in [5.41, 5.74) is 1.42. The van der Waals surface area contributed by atoms with E-state index < -0.39 is 6.09 Å². The molecule has 4 N–H and O–H groups in total. The number of likely N-dealkylation sites (tertiary alicyclic amines) is 1. The van der Waals surface area contributed by atoms with Crippen LogP contribution < -0.4 is 15.4 Å². The Hall–Kier alpha value is -3.65. The zero-order valence-electron chi connectivity index (χ0n) is 33.8. The third kappa shape index (κ3) is 16.9. The molecule has 6 rings (SSSR count). The van der Waals surface area contributed by atoms with Crippen molar-refractivity contribution in [1.29, 1.82) is 0 Å². The van der Waals surface area contributed by atoms with Crippen molar-refractivity contribution in [1.82, 2.24) is 25.2 Å². The molecule has 2 heterocycles. The van der Waals surface area contributed by atoms with Crippen LogP contribution >= 0.6 is 11.9 Å². The van der Waals surface area contributed by atoms with Crippen LogP contribution in [0.3, 0.4) is 0 Å². The molecule has 310 valence electrons. The molecule has 0 radical (unpaired) electrons. The number of hydrogen-bond acceptors (Lipinski definition) is 7. The number of rotatable bonds is 15. The van der Waals surface area contributed by atoms with Gasteiger partial charge in [0, 0.05) is 37.1 Å². The van der Waals surface area contributed by atoms with E-state index in [-0.39, 0.29) is 48.4 Å².